The minimum Gasteiger partial charge on any atom is -0.304 e. The van der Waals surface area contributed by atoms with E-state index >= 15 is 0 Å². The van der Waals surface area contributed by atoms with Crippen molar-refractivity contribution >= 4 is 0 Å². The van der Waals surface area contributed by atoms with E-state index in [9.17, 15) is 0 Å². The van der Waals surface area contributed by atoms with Gasteiger partial charge in [-0.25, -0.2) is 10.0 Å². The first-order valence-electron chi connectivity index (χ1n) is 3.87. The zero-order valence-corrected chi connectivity index (χ0v) is 7.09. The fourth-order valence-corrected chi connectivity index (χ4v) is 1.52. The number of hydrogen-bond acceptors (Lipinski definition) is 3. The van der Waals surface area contributed by atoms with Crippen LogP contribution in [0.15, 0.2) is 0 Å². The summed E-state index contributed by atoms with van der Waals surface area (Å²) < 4.78 is 0. The smallest absolute Gasteiger partial charge is 0.0733 e. The molecule has 0 amide bonds. The van der Waals surface area contributed by atoms with Crippen molar-refractivity contribution in [2.45, 2.75) is 19.0 Å². The van der Waals surface area contributed by atoms with Gasteiger partial charge >= 0.3 is 0 Å². The van der Waals surface area contributed by atoms with Crippen LogP contribution in [-0.4, -0.2) is 43.9 Å². The molecule has 0 bridgehead atoms. The third-order valence-electron chi connectivity index (χ3n) is 2.07. The van der Waals surface area contributed by atoms with Crippen LogP contribution < -0.4 is 5.32 Å². The Hall–Kier alpha value is -0.120. The van der Waals surface area contributed by atoms with Gasteiger partial charge in [-0.15, -0.1) is 0 Å². The van der Waals surface area contributed by atoms with Crippen LogP contribution in [0.4, 0.5) is 0 Å². The molecule has 10 heavy (non-hydrogen) atoms. The average molecular weight is 143 g/mol. The molecule has 0 spiro atoms. The van der Waals surface area contributed by atoms with Gasteiger partial charge in [0.05, 0.1) is 6.17 Å². The van der Waals surface area contributed by atoms with Gasteiger partial charge in [0.25, 0.3) is 0 Å². The molecule has 0 aromatic heterocycles. The topological polar surface area (TPSA) is 18.5 Å². The average Bonchev–Trinajstić information content (AvgIpc) is 2.33. The van der Waals surface area contributed by atoms with Crippen LogP contribution in [0.5, 0.6) is 0 Å². The fourth-order valence-electron chi connectivity index (χ4n) is 1.52. The Morgan fingerprint density at radius 3 is 2.60 bits per heavy atom. The van der Waals surface area contributed by atoms with Gasteiger partial charge in [-0.1, -0.05) is 0 Å². The highest BCUT2D eigenvalue weighted by Gasteiger charge is 2.23. The minimum atomic E-state index is 0.565. The number of hydrogen-bond donors (Lipinski definition) is 1. The second-order valence-electron chi connectivity index (χ2n) is 2.96. The zero-order valence-electron chi connectivity index (χ0n) is 7.09. The molecule has 1 unspecified atom stereocenters. The highest BCUT2D eigenvalue weighted by Crippen LogP contribution is 2.14. The predicted molar refractivity (Wildman–Crippen MR) is 42.5 cm³/mol. The minimum absolute atomic E-state index is 0.565. The molecule has 0 saturated carbocycles. The molecule has 1 aliphatic heterocycles. The standard InChI is InChI=1S/C7H17N3/c1-8-7-5-4-6-10(7)9(2)3/h7-8H,4-6H2,1-3H3. The summed E-state index contributed by atoms with van der Waals surface area (Å²) in [5.41, 5.74) is 0. The molecule has 0 aromatic carbocycles. The van der Waals surface area contributed by atoms with Gasteiger partial charge in [0.15, 0.2) is 0 Å². The van der Waals surface area contributed by atoms with Crippen molar-refractivity contribution in [2.75, 3.05) is 27.7 Å². The Bertz CT molecular complexity index is 103. The summed E-state index contributed by atoms with van der Waals surface area (Å²) in [4.78, 5) is 0. The molecule has 1 saturated heterocycles. The van der Waals surface area contributed by atoms with Gasteiger partial charge in [0, 0.05) is 20.6 Å². The number of hydrazine groups is 1. The SMILES string of the molecule is CNC1CCCN1N(C)C. The third kappa shape index (κ3) is 1.48. The Kier molecular flexibility index (Phi) is 2.65. The summed E-state index contributed by atoms with van der Waals surface area (Å²) in [6.07, 6.45) is 3.15. The first-order valence-corrected chi connectivity index (χ1v) is 3.87. The Labute approximate surface area is 63.0 Å². The number of nitrogens with zero attached hydrogens (tertiary/aromatic N) is 2. The van der Waals surface area contributed by atoms with Crippen LogP contribution in [0.2, 0.25) is 0 Å². The van der Waals surface area contributed by atoms with Crippen LogP contribution >= 0.6 is 0 Å². The lowest BCUT2D eigenvalue weighted by atomic mass is 10.3. The first-order chi connectivity index (χ1) is 4.75. The van der Waals surface area contributed by atoms with Crippen LogP contribution in [-0.2, 0) is 0 Å². The lowest BCUT2D eigenvalue weighted by Crippen LogP contribution is -2.46. The molecule has 1 atom stereocenters. The third-order valence-corrected chi connectivity index (χ3v) is 2.07. The van der Waals surface area contributed by atoms with E-state index in [1.165, 1.54) is 19.4 Å². The van der Waals surface area contributed by atoms with Crippen molar-refractivity contribution in [2.24, 2.45) is 0 Å². The van der Waals surface area contributed by atoms with E-state index < -0.39 is 0 Å². The van der Waals surface area contributed by atoms with E-state index in [4.69, 9.17) is 0 Å². The van der Waals surface area contributed by atoms with Crippen molar-refractivity contribution < 1.29 is 0 Å². The van der Waals surface area contributed by atoms with Gasteiger partial charge in [-0.3, -0.25) is 0 Å². The Balaban J connectivity index is 2.42. The first kappa shape index (κ1) is 7.98. The quantitative estimate of drug-likeness (QED) is 0.591. The summed E-state index contributed by atoms with van der Waals surface area (Å²) >= 11 is 0. The van der Waals surface area contributed by atoms with Gasteiger partial charge in [-0.2, -0.15) is 0 Å². The van der Waals surface area contributed by atoms with Crippen LogP contribution in [0.3, 0.4) is 0 Å². The van der Waals surface area contributed by atoms with E-state index in [0.717, 1.165) is 0 Å². The molecular formula is C7H17N3. The van der Waals surface area contributed by atoms with Crippen molar-refractivity contribution in [3.05, 3.63) is 0 Å². The molecule has 0 aliphatic carbocycles. The van der Waals surface area contributed by atoms with E-state index in [1.807, 2.05) is 7.05 Å². The highest BCUT2D eigenvalue weighted by molar-refractivity contribution is 4.72. The molecule has 1 heterocycles. The van der Waals surface area contributed by atoms with Crippen LogP contribution in [0.1, 0.15) is 12.8 Å². The lowest BCUT2D eigenvalue weighted by Gasteiger charge is -2.29. The molecule has 0 aromatic rings. The van der Waals surface area contributed by atoms with E-state index in [2.05, 4.69) is 29.4 Å². The van der Waals surface area contributed by atoms with Crippen molar-refractivity contribution in [1.82, 2.24) is 15.3 Å². The molecule has 1 rings (SSSR count). The van der Waals surface area contributed by atoms with Gasteiger partial charge < -0.3 is 5.32 Å². The summed E-state index contributed by atoms with van der Waals surface area (Å²) in [5, 5.41) is 7.79. The van der Waals surface area contributed by atoms with Crippen LogP contribution in [0, 0.1) is 0 Å². The van der Waals surface area contributed by atoms with Gasteiger partial charge in [0.2, 0.25) is 0 Å². The van der Waals surface area contributed by atoms with Crippen molar-refractivity contribution in [3.8, 4) is 0 Å². The largest absolute Gasteiger partial charge is 0.304 e. The van der Waals surface area contributed by atoms with E-state index in [-0.39, 0.29) is 0 Å². The number of nitrogens with one attached hydrogen (secondary N) is 1. The second kappa shape index (κ2) is 3.32. The summed E-state index contributed by atoms with van der Waals surface area (Å²) in [6, 6.07) is 0. The molecule has 1 fully saturated rings. The van der Waals surface area contributed by atoms with Crippen LogP contribution in [0.25, 0.3) is 0 Å². The maximum Gasteiger partial charge on any atom is 0.0733 e. The van der Waals surface area contributed by atoms with Gasteiger partial charge in [0.1, 0.15) is 0 Å². The lowest BCUT2D eigenvalue weighted by molar-refractivity contribution is 0.00231. The zero-order chi connectivity index (χ0) is 7.56. The highest BCUT2D eigenvalue weighted by atomic mass is 15.6. The predicted octanol–water partition coefficient (Wildman–Crippen LogP) is 0.104. The van der Waals surface area contributed by atoms with E-state index in [1.54, 1.807) is 0 Å². The van der Waals surface area contributed by atoms with Crippen molar-refractivity contribution in [3.63, 3.8) is 0 Å². The molecule has 1 aliphatic rings. The maximum atomic E-state index is 3.28. The summed E-state index contributed by atoms with van der Waals surface area (Å²) in [6.45, 7) is 1.19. The Morgan fingerprint density at radius 2 is 2.20 bits per heavy atom. The van der Waals surface area contributed by atoms with E-state index in [0.29, 0.717) is 6.17 Å². The molecular weight excluding hydrogens is 126 g/mol. The molecule has 3 heteroatoms. The fraction of sp³-hybridized carbons (Fsp3) is 1.00. The molecule has 0 radical (unpaired) electrons. The Morgan fingerprint density at radius 1 is 1.50 bits per heavy atom. The summed E-state index contributed by atoms with van der Waals surface area (Å²) in [5.74, 6) is 0. The molecule has 3 nitrogen and oxygen atoms in total. The number of rotatable bonds is 2. The monoisotopic (exact) mass is 143 g/mol. The summed E-state index contributed by atoms with van der Waals surface area (Å²) in [7, 11) is 6.21. The normalized spacial score (nSPS) is 28.2. The van der Waals surface area contributed by atoms with Crippen molar-refractivity contribution in [1.29, 1.82) is 0 Å². The molecule has 1 N–H and O–H groups in total. The maximum absolute atomic E-state index is 3.28. The van der Waals surface area contributed by atoms with Gasteiger partial charge in [-0.05, 0) is 19.9 Å². The molecule has 60 valence electrons. The second-order valence-corrected chi connectivity index (χ2v) is 2.96.